The average Bonchev–Trinajstić information content (AvgIpc) is 2.14. The van der Waals surface area contributed by atoms with E-state index in [2.05, 4.69) is 0 Å². The maximum atomic E-state index is 9.34. The summed E-state index contributed by atoms with van der Waals surface area (Å²) in [5.74, 6) is 0.734. The van der Waals surface area contributed by atoms with E-state index in [4.69, 9.17) is 15.6 Å². The molecule has 0 radical (unpaired) electrons. The maximum absolute atomic E-state index is 9.34. The number of aromatic hydroxyl groups is 1. The van der Waals surface area contributed by atoms with Gasteiger partial charge in [-0.05, 0) is 31.5 Å². The van der Waals surface area contributed by atoms with Crippen LogP contribution in [0.5, 0.6) is 11.5 Å². The minimum Gasteiger partial charge on any atom is -0.508 e. The van der Waals surface area contributed by atoms with E-state index in [9.17, 15) is 5.11 Å². The van der Waals surface area contributed by atoms with Gasteiger partial charge in [-0.1, -0.05) is 0 Å². The van der Waals surface area contributed by atoms with Crippen LogP contribution < -0.4 is 10.5 Å². The molecule has 5 heteroatoms. The molecule has 0 saturated carbocycles. The van der Waals surface area contributed by atoms with Crippen LogP contribution in [0.15, 0.2) is 12.1 Å². The summed E-state index contributed by atoms with van der Waals surface area (Å²) >= 11 is 0. The van der Waals surface area contributed by atoms with Crippen molar-refractivity contribution >= 4 is 12.4 Å². The molecule has 1 unspecified atom stereocenters. The van der Waals surface area contributed by atoms with E-state index in [-0.39, 0.29) is 30.8 Å². The first-order valence-electron chi connectivity index (χ1n) is 4.86. The number of phenolic OH excluding ortho intramolecular Hbond substituents is 1. The Hall–Kier alpha value is -0.970. The van der Waals surface area contributed by atoms with Gasteiger partial charge in [0.1, 0.15) is 18.1 Å². The van der Waals surface area contributed by atoms with Crippen LogP contribution in [-0.2, 0) is 6.61 Å². The summed E-state index contributed by atoms with van der Waals surface area (Å²) in [5, 5.41) is 18.4. The first-order chi connectivity index (χ1) is 7.04. The summed E-state index contributed by atoms with van der Waals surface area (Å²) in [6.07, 6.45) is 0. The number of aryl methyl sites for hydroxylation is 1. The third-order valence-electron chi connectivity index (χ3n) is 2.00. The van der Waals surface area contributed by atoms with Gasteiger partial charge in [-0.15, -0.1) is 12.4 Å². The molecule has 16 heavy (non-hydrogen) atoms. The van der Waals surface area contributed by atoms with Crippen LogP contribution in [0.4, 0.5) is 0 Å². The number of aliphatic hydroxyl groups is 1. The van der Waals surface area contributed by atoms with Crippen LogP contribution in [0.3, 0.4) is 0 Å². The predicted molar refractivity (Wildman–Crippen MR) is 65.2 cm³/mol. The fraction of sp³-hybridized carbons (Fsp3) is 0.455. The molecule has 1 aromatic carbocycles. The van der Waals surface area contributed by atoms with E-state index in [1.165, 1.54) is 6.07 Å². The van der Waals surface area contributed by atoms with Crippen LogP contribution in [0.1, 0.15) is 18.1 Å². The van der Waals surface area contributed by atoms with Crippen molar-refractivity contribution in [1.29, 1.82) is 0 Å². The van der Waals surface area contributed by atoms with Gasteiger partial charge >= 0.3 is 0 Å². The number of ether oxygens (including phenoxy) is 1. The lowest BCUT2D eigenvalue weighted by molar-refractivity contribution is 0.255. The molecule has 4 nitrogen and oxygen atoms in total. The van der Waals surface area contributed by atoms with Gasteiger partial charge in [0.05, 0.1) is 6.61 Å². The standard InChI is InChI=1S/C11H17NO3.ClH/c1-7-3-10(14)4-9(5-13)11(7)15-6-8(2)12;/h3-4,8,13-14H,5-6,12H2,1-2H3;1H. The van der Waals surface area contributed by atoms with Gasteiger partial charge in [-0.25, -0.2) is 0 Å². The number of nitrogens with two attached hydrogens (primary N) is 1. The molecule has 1 rings (SSSR count). The fourth-order valence-electron chi connectivity index (χ4n) is 1.37. The quantitative estimate of drug-likeness (QED) is 0.751. The molecule has 0 fully saturated rings. The SMILES string of the molecule is Cc1cc(O)cc(CO)c1OCC(C)N.Cl. The van der Waals surface area contributed by atoms with Crippen molar-refractivity contribution in [2.45, 2.75) is 26.5 Å². The Labute approximate surface area is 101 Å². The van der Waals surface area contributed by atoms with Crippen molar-refractivity contribution in [2.75, 3.05) is 6.61 Å². The van der Waals surface area contributed by atoms with Crippen molar-refractivity contribution in [2.24, 2.45) is 5.73 Å². The Kier molecular flexibility index (Phi) is 6.18. The van der Waals surface area contributed by atoms with E-state index in [1.54, 1.807) is 6.07 Å². The Morgan fingerprint density at radius 1 is 1.44 bits per heavy atom. The van der Waals surface area contributed by atoms with Crippen LogP contribution in [-0.4, -0.2) is 22.9 Å². The van der Waals surface area contributed by atoms with Crippen molar-refractivity contribution in [3.05, 3.63) is 23.3 Å². The van der Waals surface area contributed by atoms with E-state index >= 15 is 0 Å². The van der Waals surface area contributed by atoms with E-state index in [1.807, 2.05) is 13.8 Å². The molecule has 92 valence electrons. The number of aliphatic hydroxyl groups excluding tert-OH is 1. The number of hydrogen-bond acceptors (Lipinski definition) is 4. The lowest BCUT2D eigenvalue weighted by Gasteiger charge is -2.14. The van der Waals surface area contributed by atoms with Crippen molar-refractivity contribution in [3.63, 3.8) is 0 Å². The van der Waals surface area contributed by atoms with Crippen molar-refractivity contribution in [3.8, 4) is 11.5 Å². The summed E-state index contributed by atoms with van der Waals surface area (Å²) in [6.45, 7) is 3.88. The second-order valence-electron chi connectivity index (χ2n) is 3.70. The highest BCUT2D eigenvalue weighted by Crippen LogP contribution is 2.28. The first kappa shape index (κ1) is 15.0. The highest BCUT2D eigenvalue weighted by atomic mass is 35.5. The highest BCUT2D eigenvalue weighted by molar-refractivity contribution is 5.85. The van der Waals surface area contributed by atoms with E-state index in [0.29, 0.717) is 17.9 Å². The minimum atomic E-state index is -0.163. The predicted octanol–water partition coefficient (Wildman–Crippen LogP) is 1.34. The van der Waals surface area contributed by atoms with Crippen molar-refractivity contribution in [1.82, 2.24) is 0 Å². The minimum absolute atomic E-state index is 0. The molecule has 0 amide bonds. The second-order valence-corrected chi connectivity index (χ2v) is 3.70. The molecule has 4 N–H and O–H groups in total. The number of benzene rings is 1. The molecule has 1 atom stereocenters. The smallest absolute Gasteiger partial charge is 0.128 e. The Morgan fingerprint density at radius 2 is 2.06 bits per heavy atom. The second kappa shape index (κ2) is 6.58. The van der Waals surface area contributed by atoms with Crippen molar-refractivity contribution < 1.29 is 14.9 Å². The topological polar surface area (TPSA) is 75.7 Å². The molecule has 1 aromatic rings. The zero-order valence-electron chi connectivity index (χ0n) is 9.43. The molecule has 0 aliphatic rings. The summed E-state index contributed by atoms with van der Waals surface area (Å²) in [6, 6.07) is 3.02. The maximum Gasteiger partial charge on any atom is 0.128 e. The van der Waals surface area contributed by atoms with Gasteiger partial charge in [0, 0.05) is 11.6 Å². The van der Waals surface area contributed by atoms with Crippen LogP contribution in [0.2, 0.25) is 0 Å². The summed E-state index contributed by atoms with van der Waals surface area (Å²) < 4.78 is 5.48. The monoisotopic (exact) mass is 247 g/mol. The molecule has 0 aliphatic heterocycles. The normalized spacial score (nSPS) is 11.8. The van der Waals surface area contributed by atoms with Crippen LogP contribution >= 0.6 is 12.4 Å². The van der Waals surface area contributed by atoms with E-state index in [0.717, 1.165) is 5.56 Å². The van der Waals surface area contributed by atoms with Gasteiger partial charge in [-0.3, -0.25) is 0 Å². The number of rotatable bonds is 4. The molecule has 0 aliphatic carbocycles. The third kappa shape index (κ3) is 3.89. The summed E-state index contributed by atoms with van der Waals surface area (Å²) in [4.78, 5) is 0. The number of phenols is 1. The lowest BCUT2D eigenvalue weighted by Crippen LogP contribution is -2.24. The molecule has 0 saturated heterocycles. The molecular formula is C11H18ClNO3. The molecule has 0 bridgehead atoms. The average molecular weight is 248 g/mol. The third-order valence-corrected chi connectivity index (χ3v) is 2.00. The molecular weight excluding hydrogens is 230 g/mol. The zero-order chi connectivity index (χ0) is 11.4. The number of hydrogen-bond donors (Lipinski definition) is 3. The van der Waals surface area contributed by atoms with Crippen LogP contribution in [0.25, 0.3) is 0 Å². The lowest BCUT2D eigenvalue weighted by atomic mass is 10.1. The summed E-state index contributed by atoms with van der Waals surface area (Å²) in [7, 11) is 0. The number of halogens is 1. The van der Waals surface area contributed by atoms with Gasteiger partial charge in [-0.2, -0.15) is 0 Å². The Morgan fingerprint density at radius 3 is 2.56 bits per heavy atom. The molecule has 0 heterocycles. The zero-order valence-corrected chi connectivity index (χ0v) is 10.3. The Bertz CT molecular complexity index is 342. The molecule has 0 aromatic heterocycles. The Balaban J connectivity index is 0.00000225. The highest BCUT2D eigenvalue weighted by Gasteiger charge is 2.09. The fourth-order valence-corrected chi connectivity index (χ4v) is 1.37. The van der Waals surface area contributed by atoms with Gasteiger partial charge in [0.15, 0.2) is 0 Å². The summed E-state index contributed by atoms with van der Waals surface area (Å²) in [5.41, 5.74) is 6.94. The van der Waals surface area contributed by atoms with E-state index < -0.39 is 0 Å². The van der Waals surface area contributed by atoms with Gasteiger partial charge in [0.2, 0.25) is 0 Å². The van der Waals surface area contributed by atoms with Gasteiger partial charge in [0.25, 0.3) is 0 Å². The largest absolute Gasteiger partial charge is 0.508 e. The van der Waals surface area contributed by atoms with Gasteiger partial charge < -0.3 is 20.7 Å². The first-order valence-corrected chi connectivity index (χ1v) is 4.86. The molecule has 0 spiro atoms. The van der Waals surface area contributed by atoms with Crippen LogP contribution in [0, 0.1) is 6.92 Å².